The first kappa shape index (κ1) is 21.1. The number of ether oxygens (including phenoxy) is 1. The molecule has 154 valence electrons. The Kier molecular flexibility index (Phi) is 6.06. The predicted octanol–water partition coefficient (Wildman–Crippen LogP) is 2.87. The number of rotatable bonds is 6. The first-order valence-corrected chi connectivity index (χ1v) is 10.1. The summed E-state index contributed by atoms with van der Waals surface area (Å²) in [7, 11) is 3.33. The lowest BCUT2D eigenvalue weighted by Crippen LogP contribution is -2.66. The number of nitrogens with one attached hydrogen (secondary N) is 2. The highest BCUT2D eigenvalue weighted by atomic mass is 35.5. The summed E-state index contributed by atoms with van der Waals surface area (Å²) >= 11 is 0. The second-order valence-corrected chi connectivity index (χ2v) is 9.03. The number of likely N-dealkylation sites (N-methyl/N-ethyl adjacent to an activating group) is 1. The van der Waals surface area contributed by atoms with Crippen molar-refractivity contribution in [1.82, 2.24) is 10.6 Å². The minimum absolute atomic E-state index is 0. The van der Waals surface area contributed by atoms with Gasteiger partial charge in [-0.25, -0.2) is 0 Å². The van der Waals surface area contributed by atoms with Crippen LogP contribution >= 0.6 is 12.4 Å². The van der Waals surface area contributed by atoms with Crippen LogP contribution in [0.4, 0.5) is 0 Å². The lowest BCUT2D eigenvalue weighted by molar-refractivity contribution is -0.173. The summed E-state index contributed by atoms with van der Waals surface area (Å²) in [4.78, 5) is 25.7. The van der Waals surface area contributed by atoms with E-state index in [4.69, 9.17) is 4.74 Å². The number of esters is 1. The SMILES string of the molecule is CN[C@@H](Cc1ccccc1)C(=O)NC12CC3CC(C1)CC(C(=O)OC)(C3)C2.Cl. The number of amides is 1. The van der Waals surface area contributed by atoms with Gasteiger partial charge < -0.3 is 15.4 Å². The van der Waals surface area contributed by atoms with Gasteiger partial charge in [-0.05, 0) is 69.4 Å². The summed E-state index contributed by atoms with van der Waals surface area (Å²) in [6.07, 6.45) is 6.42. The molecule has 2 N–H and O–H groups in total. The van der Waals surface area contributed by atoms with Crippen LogP contribution in [0.2, 0.25) is 0 Å². The molecule has 3 atom stereocenters. The maximum absolute atomic E-state index is 13.1. The normalized spacial score (nSPS) is 33.6. The zero-order chi connectivity index (χ0) is 19.1. The molecule has 1 amide bonds. The van der Waals surface area contributed by atoms with Gasteiger partial charge in [-0.2, -0.15) is 0 Å². The Hall–Kier alpha value is -1.59. The summed E-state index contributed by atoms with van der Waals surface area (Å²) in [5.74, 6) is 1.01. The fraction of sp³-hybridized carbons (Fsp3) is 0.636. The van der Waals surface area contributed by atoms with Gasteiger partial charge >= 0.3 is 5.97 Å². The molecule has 5 nitrogen and oxygen atoms in total. The van der Waals surface area contributed by atoms with E-state index in [0.717, 1.165) is 37.7 Å². The van der Waals surface area contributed by atoms with Crippen LogP contribution in [0.5, 0.6) is 0 Å². The first-order valence-electron chi connectivity index (χ1n) is 10.1. The van der Waals surface area contributed by atoms with Gasteiger partial charge in [0, 0.05) is 5.54 Å². The van der Waals surface area contributed by atoms with Gasteiger partial charge in [-0.1, -0.05) is 30.3 Å². The highest BCUT2D eigenvalue weighted by molar-refractivity contribution is 5.85. The van der Waals surface area contributed by atoms with Gasteiger partial charge in [0.05, 0.1) is 18.6 Å². The summed E-state index contributed by atoms with van der Waals surface area (Å²) in [6, 6.07) is 9.82. The molecule has 0 radical (unpaired) electrons. The van der Waals surface area contributed by atoms with Crippen LogP contribution in [-0.2, 0) is 20.7 Å². The molecule has 0 spiro atoms. The zero-order valence-corrected chi connectivity index (χ0v) is 17.5. The van der Waals surface area contributed by atoms with E-state index in [2.05, 4.69) is 22.8 Å². The Morgan fingerprint density at radius 3 is 2.36 bits per heavy atom. The fourth-order valence-electron chi connectivity index (χ4n) is 6.39. The molecule has 4 fully saturated rings. The van der Waals surface area contributed by atoms with Gasteiger partial charge in [-0.15, -0.1) is 12.4 Å². The molecule has 4 aliphatic rings. The van der Waals surface area contributed by atoms with Crippen molar-refractivity contribution in [3.05, 3.63) is 35.9 Å². The van der Waals surface area contributed by atoms with Crippen molar-refractivity contribution >= 4 is 24.3 Å². The molecular weight excluding hydrogens is 376 g/mol. The third-order valence-electron chi connectivity index (χ3n) is 7.02. The van der Waals surface area contributed by atoms with E-state index < -0.39 is 0 Å². The summed E-state index contributed by atoms with van der Waals surface area (Å²) in [5, 5.41) is 6.56. The molecule has 1 aromatic rings. The molecular formula is C22H31ClN2O3. The van der Waals surface area contributed by atoms with E-state index in [0.29, 0.717) is 18.3 Å². The average Bonchev–Trinajstić information content (AvgIpc) is 2.64. The van der Waals surface area contributed by atoms with E-state index in [1.807, 2.05) is 25.2 Å². The third kappa shape index (κ3) is 3.79. The minimum Gasteiger partial charge on any atom is -0.469 e. The van der Waals surface area contributed by atoms with Crippen LogP contribution in [0.25, 0.3) is 0 Å². The van der Waals surface area contributed by atoms with E-state index in [1.54, 1.807) is 0 Å². The topological polar surface area (TPSA) is 67.4 Å². The Labute approximate surface area is 173 Å². The quantitative estimate of drug-likeness (QED) is 0.713. The summed E-state index contributed by atoms with van der Waals surface area (Å²) < 4.78 is 5.17. The van der Waals surface area contributed by atoms with Crippen molar-refractivity contribution in [2.45, 2.75) is 56.5 Å². The van der Waals surface area contributed by atoms with Gasteiger partial charge in [0.15, 0.2) is 0 Å². The molecule has 2 unspecified atom stereocenters. The van der Waals surface area contributed by atoms with Crippen molar-refractivity contribution in [2.75, 3.05) is 14.2 Å². The Bertz CT molecular complexity index is 710. The van der Waals surface area contributed by atoms with Crippen LogP contribution in [0.1, 0.15) is 44.1 Å². The van der Waals surface area contributed by atoms with Gasteiger partial charge in [0.25, 0.3) is 0 Å². The second-order valence-electron chi connectivity index (χ2n) is 9.03. The molecule has 0 saturated heterocycles. The minimum atomic E-state index is -0.388. The van der Waals surface area contributed by atoms with E-state index in [1.165, 1.54) is 13.5 Å². The van der Waals surface area contributed by atoms with Crippen molar-refractivity contribution in [1.29, 1.82) is 0 Å². The van der Waals surface area contributed by atoms with Gasteiger partial charge in [0.2, 0.25) is 5.91 Å². The molecule has 4 bridgehead atoms. The average molecular weight is 407 g/mol. The van der Waals surface area contributed by atoms with Crippen LogP contribution in [-0.4, -0.2) is 37.6 Å². The van der Waals surface area contributed by atoms with Crippen LogP contribution < -0.4 is 10.6 Å². The van der Waals surface area contributed by atoms with E-state index in [9.17, 15) is 9.59 Å². The lowest BCUT2D eigenvalue weighted by Gasteiger charge is -2.60. The zero-order valence-electron chi connectivity index (χ0n) is 16.7. The largest absolute Gasteiger partial charge is 0.469 e. The standard InChI is InChI=1S/C22H30N2O3.ClH/c1-23-18(9-15-6-4-3-5-7-15)19(25)24-22-12-16-8-17(13-22)11-21(10-16,14-22)20(26)27-2;/h3-7,16-18,23H,8-14H2,1-2H3,(H,24,25);1H/t16?,17?,18-,21?,22?;/m0./s1. The van der Waals surface area contributed by atoms with Crippen molar-refractivity contribution < 1.29 is 14.3 Å². The van der Waals surface area contributed by atoms with Crippen LogP contribution in [0, 0.1) is 17.3 Å². The summed E-state index contributed by atoms with van der Waals surface area (Å²) in [5.41, 5.74) is 0.505. The maximum atomic E-state index is 13.1. The highest BCUT2D eigenvalue weighted by Crippen LogP contribution is 2.62. The number of hydrogen-bond donors (Lipinski definition) is 2. The molecule has 1 aromatic carbocycles. The van der Waals surface area contributed by atoms with Gasteiger partial charge in [-0.3, -0.25) is 9.59 Å². The molecule has 0 heterocycles. The number of carbonyl (C=O) groups excluding carboxylic acids is 2. The third-order valence-corrected chi connectivity index (χ3v) is 7.02. The highest BCUT2D eigenvalue weighted by Gasteiger charge is 2.61. The van der Waals surface area contributed by atoms with Crippen LogP contribution in [0.3, 0.4) is 0 Å². The summed E-state index contributed by atoms with van der Waals surface area (Å²) in [6.45, 7) is 0. The molecule has 28 heavy (non-hydrogen) atoms. The van der Waals surface area contributed by atoms with Crippen molar-refractivity contribution in [2.24, 2.45) is 17.3 Å². The number of hydrogen-bond acceptors (Lipinski definition) is 4. The Morgan fingerprint density at radius 1 is 1.14 bits per heavy atom. The molecule has 5 rings (SSSR count). The monoisotopic (exact) mass is 406 g/mol. The number of methoxy groups -OCH3 is 1. The van der Waals surface area contributed by atoms with E-state index >= 15 is 0 Å². The van der Waals surface area contributed by atoms with Crippen molar-refractivity contribution in [3.8, 4) is 0 Å². The molecule has 4 saturated carbocycles. The van der Waals surface area contributed by atoms with Crippen molar-refractivity contribution in [3.63, 3.8) is 0 Å². The Morgan fingerprint density at radius 2 is 1.79 bits per heavy atom. The molecule has 4 aliphatic carbocycles. The number of benzene rings is 1. The predicted molar refractivity (Wildman–Crippen MR) is 110 cm³/mol. The second kappa shape index (κ2) is 8.03. The molecule has 0 aliphatic heterocycles. The lowest BCUT2D eigenvalue weighted by atomic mass is 9.47. The van der Waals surface area contributed by atoms with E-state index in [-0.39, 0.29) is 41.3 Å². The smallest absolute Gasteiger partial charge is 0.311 e. The molecule has 6 heteroatoms. The maximum Gasteiger partial charge on any atom is 0.311 e. The first-order chi connectivity index (χ1) is 13.0. The number of carbonyl (C=O) groups is 2. The molecule has 0 aromatic heterocycles. The Balaban J connectivity index is 0.00000225. The fourth-order valence-corrected chi connectivity index (χ4v) is 6.39. The number of halogens is 1. The van der Waals surface area contributed by atoms with Gasteiger partial charge in [0.1, 0.15) is 0 Å². The van der Waals surface area contributed by atoms with Crippen LogP contribution in [0.15, 0.2) is 30.3 Å².